The molecule has 8 heteroatoms. The van der Waals surface area contributed by atoms with E-state index in [1.807, 2.05) is 54.6 Å². The molecule has 1 spiro atoms. The highest BCUT2D eigenvalue weighted by molar-refractivity contribution is 9.10. The second kappa shape index (κ2) is 9.37. The van der Waals surface area contributed by atoms with Gasteiger partial charge in [-0.3, -0.25) is 14.8 Å². The van der Waals surface area contributed by atoms with Crippen molar-refractivity contribution in [2.24, 2.45) is 9.98 Å². The number of amides is 1. The summed E-state index contributed by atoms with van der Waals surface area (Å²) in [6.07, 6.45) is 3.46. The van der Waals surface area contributed by atoms with Gasteiger partial charge in [0.05, 0.1) is 23.2 Å². The third kappa shape index (κ3) is 4.88. The first-order valence-corrected chi connectivity index (χ1v) is 12.7. The number of anilines is 1. The maximum absolute atomic E-state index is 12.8. The Labute approximate surface area is 205 Å². The third-order valence-electron chi connectivity index (χ3n) is 5.96. The zero-order valence-electron chi connectivity index (χ0n) is 18.3. The molecule has 168 valence electrons. The van der Waals surface area contributed by atoms with Crippen LogP contribution >= 0.6 is 27.7 Å². The summed E-state index contributed by atoms with van der Waals surface area (Å²) in [6, 6.07) is 17.9. The molecule has 0 aliphatic carbocycles. The predicted molar refractivity (Wildman–Crippen MR) is 140 cm³/mol. The fourth-order valence-electron chi connectivity index (χ4n) is 4.12. The number of likely N-dealkylation sites (tertiary alicyclic amines) is 1. The van der Waals surface area contributed by atoms with E-state index in [0.29, 0.717) is 5.69 Å². The molecule has 0 atom stereocenters. The zero-order chi connectivity index (χ0) is 22.8. The molecule has 1 aromatic heterocycles. The summed E-state index contributed by atoms with van der Waals surface area (Å²) in [4.78, 5) is 29.7. The Bertz CT molecular complexity index is 1270. The van der Waals surface area contributed by atoms with Crippen LogP contribution in [0, 0.1) is 0 Å². The molecule has 1 saturated heterocycles. The number of pyridine rings is 1. The third-order valence-corrected chi connectivity index (χ3v) is 7.62. The van der Waals surface area contributed by atoms with Crippen LogP contribution in [-0.2, 0) is 4.79 Å². The van der Waals surface area contributed by atoms with Crippen molar-refractivity contribution in [1.29, 1.82) is 0 Å². The molecular weight excluding hydrogens is 498 g/mol. The van der Waals surface area contributed by atoms with E-state index >= 15 is 0 Å². The fraction of sp³-hybridized carbons (Fsp3) is 0.280. The van der Waals surface area contributed by atoms with E-state index in [4.69, 9.17) is 9.98 Å². The van der Waals surface area contributed by atoms with Gasteiger partial charge in [0.1, 0.15) is 10.8 Å². The molecular formula is C25H24BrN5OS. The topological polar surface area (TPSA) is 70.0 Å². The lowest BCUT2D eigenvalue weighted by Gasteiger charge is -2.33. The standard InChI is InChI=1S/C25H24BrN5OS/c1-31-12-10-25(11-13-31)29-23(19-7-3-4-8-20(19)26)24(30-25)33-16-22(32)28-18-14-17-6-2-5-9-21(17)27-15-18/h2-9,14-15H,10-13,16H2,1H3,(H,28,32). The molecule has 1 amide bonds. The van der Waals surface area contributed by atoms with Crippen LogP contribution in [0.4, 0.5) is 5.69 Å². The molecule has 3 aromatic rings. The number of nitrogens with one attached hydrogen (secondary N) is 1. The van der Waals surface area contributed by atoms with Crippen molar-refractivity contribution in [1.82, 2.24) is 9.88 Å². The Kier molecular flexibility index (Phi) is 6.32. The normalized spacial score (nSPS) is 17.8. The van der Waals surface area contributed by atoms with Gasteiger partial charge in [0.15, 0.2) is 5.66 Å². The molecule has 5 rings (SSSR count). The monoisotopic (exact) mass is 521 g/mol. The maximum atomic E-state index is 12.8. The second-order valence-corrected chi connectivity index (χ2v) is 10.2. The Morgan fingerprint density at radius 3 is 2.70 bits per heavy atom. The van der Waals surface area contributed by atoms with Crippen molar-refractivity contribution in [2.75, 3.05) is 31.2 Å². The van der Waals surface area contributed by atoms with Gasteiger partial charge in [-0.2, -0.15) is 0 Å². The van der Waals surface area contributed by atoms with Gasteiger partial charge in [0.25, 0.3) is 0 Å². The number of carbonyl (C=O) groups excluding carboxylic acids is 1. The van der Waals surface area contributed by atoms with Crippen LogP contribution in [0.15, 0.2) is 75.3 Å². The first-order valence-electron chi connectivity index (χ1n) is 10.9. The first kappa shape index (κ1) is 22.3. The number of aromatic nitrogens is 1. The SMILES string of the molecule is CN1CCC2(CC1)N=C(SCC(=O)Nc1cnc3ccccc3c1)C(c1ccccc1Br)=N2. The van der Waals surface area contributed by atoms with E-state index in [2.05, 4.69) is 38.2 Å². The Morgan fingerprint density at radius 2 is 1.88 bits per heavy atom. The van der Waals surface area contributed by atoms with Crippen molar-refractivity contribution >= 4 is 60.9 Å². The number of aliphatic imine (C=N–C) groups is 2. The number of piperidine rings is 1. The van der Waals surface area contributed by atoms with Gasteiger partial charge in [-0.05, 0) is 25.2 Å². The van der Waals surface area contributed by atoms with Crippen molar-refractivity contribution in [3.63, 3.8) is 0 Å². The molecule has 3 heterocycles. The number of carbonyl (C=O) groups is 1. The molecule has 6 nitrogen and oxygen atoms in total. The minimum atomic E-state index is -0.418. The van der Waals surface area contributed by atoms with Crippen LogP contribution in [0.1, 0.15) is 18.4 Å². The number of halogens is 1. The molecule has 1 fully saturated rings. The van der Waals surface area contributed by atoms with Gasteiger partial charge < -0.3 is 10.2 Å². The summed E-state index contributed by atoms with van der Waals surface area (Å²) in [5.41, 5.74) is 3.07. The summed E-state index contributed by atoms with van der Waals surface area (Å²) in [6.45, 7) is 1.92. The average molecular weight is 522 g/mol. The highest BCUT2D eigenvalue weighted by Crippen LogP contribution is 2.36. The minimum absolute atomic E-state index is 0.0874. The van der Waals surface area contributed by atoms with Crippen molar-refractivity contribution in [3.05, 3.63) is 70.8 Å². The van der Waals surface area contributed by atoms with E-state index in [9.17, 15) is 4.79 Å². The fourth-order valence-corrected chi connectivity index (χ4v) is 5.46. The number of nitrogens with zero attached hydrogens (tertiary/aromatic N) is 4. The molecule has 0 unspecified atom stereocenters. The van der Waals surface area contributed by atoms with Gasteiger partial charge >= 0.3 is 0 Å². The van der Waals surface area contributed by atoms with Gasteiger partial charge in [-0.1, -0.05) is 64.1 Å². The lowest BCUT2D eigenvalue weighted by Crippen LogP contribution is -2.39. The van der Waals surface area contributed by atoms with Crippen LogP contribution in [-0.4, -0.2) is 58.1 Å². The molecule has 1 N–H and O–H groups in total. The van der Waals surface area contributed by atoms with Crippen LogP contribution in [0.5, 0.6) is 0 Å². The van der Waals surface area contributed by atoms with Crippen LogP contribution < -0.4 is 5.32 Å². The van der Waals surface area contributed by atoms with E-state index in [1.54, 1.807) is 6.20 Å². The van der Waals surface area contributed by atoms with Gasteiger partial charge in [0.2, 0.25) is 5.91 Å². The molecule has 0 bridgehead atoms. The Hall–Kier alpha value is -2.55. The van der Waals surface area contributed by atoms with Gasteiger partial charge in [-0.25, -0.2) is 4.99 Å². The van der Waals surface area contributed by atoms with Crippen molar-refractivity contribution < 1.29 is 4.79 Å². The molecule has 0 saturated carbocycles. The van der Waals surface area contributed by atoms with Crippen LogP contribution in [0.3, 0.4) is 0 Å². The van der Waals surface area contributed by atoms with Crippen LogP contribution in [0.2, 0.25) is 0 Å². The first-order chi connectivity index (χ1) is 16.0. The maximum Gasteiger partial charge on any atom is 0.234 e. The van der Waals surface area contributed by atoms with E-state index in [0.717, 1.165) is 57.6 Å². The van der Waals surface area contributed by atoms with Gasteiger partial charge in [-0.15, -0.1) is 0 Å². The largest absolute Gasteiger partial charge is 0.324 e. The van der Waals surface area contributed by atoms with E-state index < -0.39 is 5.66 Å². The van der Waals surface area contributed by atoms with E-state index in [-0.39, 0.29) is 11.7 Å². The smallest absolute Gasteiger partial charge is 0.234 e. The highest BCUT2D eigenvalue weighted by atomic mass is 79.9. The van der Waals surface area contributed by atoms with E-state index in [1.165, 1.54) is 11.8 Å². The van der Waals surface area contributed by atoms with Crippen molar-refractivity contribution in [3.8, 4) is 0 Å². The summed E-state index contributed by atoms with van der Waals surface area (Å²) < 4.78 is 0.980. The summed E-state index contributed by atoms with van der Waals surface area (Å²) in [7, 11) is 2.13. The molecule has 2 aromatic carbocycles. The minimum Gasteiger partial charge on any atom is -0.324 e. The second-order valence-electron chi connectivity index (χ2n) is 8.40. The average Bonchev–Trinajstić information content (AvgIpc) is 3.18. The molecule has 33 heavy (non-hydrogen) atoms. The number of benzene rings is 2. The summed E-state index contributed by atoms with van der Waals surface area (Å²) in [5.74, 6) is 0.168. The molecule has 2 aliphatic rings. The quantitative estimate of drug-likeness (QED) is 0.524. The predicted octanol–water partition coefficient (Wildman–Crippen LogP) is 4.99. The zero-order valence-corrected chi connectivity index (χ0v) is 20.7. The van der Waals surface area contributed by atoms with Gasteiger partial charge in [0, 0.05) is 41.4 Å². The Morgan fingerprint density at radius 1 is 1.12 bits per heavy atom. The molecule has 2 aliphatic heterocycles. The number of para-hydroxylation sites is 1. The number of thioether (sulfide) groups is 1. The van der Waals surface area contributed by atoms with Crippen molar-refractivity contribution in [2.45, 2.75) is 18.5 Å². The van der Waals surface area contributed by atoms with Crippen LogP contribution in [0.25, 0.3) is 10.9 Å². The summed E-state index contributed by atoms with van der Waals surface area (Å²) >= 11 is 5.11. The number of rotatable bonds is 4. The lowest BCUT2D eigenvalue weighted by atomic mass is 9.99. The number of hydrogen-bond acceptors (Lipinski definition) is 6. The molecule has 0 radical (unpaired) electrons. The lowest BCUT2D eigenvalue weighted by molar-refractivity contribution is -0.113. The Balaban J connectivity index is 1.33. The number of fused-ring (bicyclic) bond motifs is 1. The summed E-state index contributed by atoms with van der Waals surface area (Å²) in [5, 5.41) is 4.80. The highest BCUT2D eigenvalue weighted by Gasteiger charge is 2.39. The number of hydrogen-bond donors (Lipinski definition) is 1.